The van der Waals surface area contributed by atoms with Gasteiger partial charge in [-0.05, 0) is 24.9 Å². The topological polar surface area (TPSA) is 105 Å². The average molecular weight is 280 g/mol. The lowest BCUT2D eigenvalue weighted by atomic mass is 10.1. The second kappa shape index (κ2) is 11.2. The molecule has 0 rings (SSSR count). The summed E-state index contributed by atoms with van der Waals surface area (Å²) in [5, 5.41) is 8.94. The fraction of sp³-hybridized carbons (Fsp3) is 0.900. The Bertz CT molecular complexity index is 252. The zero-order valence-electron chi connectivity index (χ0n) is 10.5. The van der Waals surface area contributed by atoms with E-state index in [9.17, 15) is 14.9 Å². The molecule has 2 N–H and O–H groups in total. The number of carbonyl (C=O) groups is 1. The highest BCUT2D eigenvalue weighted by molar-refractivity contribution is 7.98. The average Bonchev–Trinajstić information content (AvgIpc) is 2.34. The number of hydrogen-bond acceptors (Lipinski definition) is 7. The summed E-state index contributed by atoms with van der Waals surface area (Å²) in [6.45, 7) is 0.434. The summed E-state index contributed by atoms with van der Waals surface area (Å²) in [6, 6.07) is -0.393. The van der Waals surface area contributed by atoms with Crippen LogP contribution < -0.4 is 5.73 Å². The number of Topliss-reactive ketones (excluding diaryl/α,β-unsaturated/α-hetero) is 1. The van der Waals surface area contributed by atoms with Crippen molar-refractivity contribution in [2.75, 3.05) is 31.8 Å². The van der Waals surface area contributed by atoms with E-state index in [0.29, 0.717) is 25.9 Å². The van der Waals surface area contributed by atoms with E-state index in [1.54, 1.807) is 11.8 Å². The van der Waals surface area contributed by atoms with Gasteiger partial charge in [0.1, 0.15) is 12.4 Å². The lowest BCUT2D eigenvalue weighted by molar-refractivity contribution is -0.758. The van der Waals surface area contributed by atoms with Crippen LogP contribution in [0.15, 0.2) is 0 Å². The molecular formula is C10H20N2O5S. The van der Waals surface area contributed by atoms with Crippen molar-refractivity contribution >= 4 is 17.5 Å². The Morgan fingerprint density at radius 2 is 2.17 bits per heavy atom. The predicted molar refractivity (Wildman–Crippen MR) is 69.0 cm³/mol. The van der Waals surface area contributed by atoms with Crippen molar-refractivity contribution in [2.24, 2.45) is 5.73 Å². The molecule has 0 spiro atoms. The maximum absolute atomic E-state index is 11.5. The lowest BCUT2D eigenvalue weighted by Crippen LogP contribution is -2.31. The largest absolute Gasteiger partial charge is 0.379 e. The summed E-state index contributed by atoms with van der Waals surface area (Å²) in [5.41, 5.74) is 5.70. The molecular weight excluding hydrogens is 260 g/mol. The molecule has 0 radical (unpaired) electrons. The van der Waals surface area contributed by atoms with Crippen LogP contribution in [0.3, 0.4) is 0 Å². The molecule has 0 fully saturated rings. The van der Waals surface area contributed by atoms with Crippen molar-refractivity contribution in [3.63, 3.8) is 0 Å². The maximum Gasteiger partial charge on any atom is 0.294 e. The first-order chi connectivity index (χ1) is 8.57. The van der Waals surface area contributed by atoms with Crippen molar-refractivity contribution in [1.82, 2.24) is 0 Å². The van der Waals surface area contributed by atoms with E-state index in [2.05, 4.69) is 4.84 Å². The second-order valence-corrected chi connectivity index (χ2v) is 4.61. The number of ketones is 1. The molecule has 1 atom stereocenters. The van der Waals surface area contributed by atoms with Crippen LogP contribution in [0.5, 0.6) is 0 Å². The number of carbonyl (C=O) groups excluding carboxylic acids is 1. The molecule has 8 heteroatoms. The van der Waals surface area contributed by atoms with E-state index in [-0.39, 0.29) is 19.0 Å². The molecule has 1 unspecified atom stereocenters. The summed E-state index contributed by atoms with van der Waals surface area (Å²) >= 11 is 1.66. The highest BCUT2D eigenvalue weighted by Crippen LogP contribution is 2.03. The Hall–Kier alpha value is -0.860. The number of ether oxygens (including phenoxy) is 1. The first kappa shape index (κ1) is 17.1. The summed E-state index contributed by atoms with van der Waals surface area (Å²) in [6.07, 6.45) is 3.62. The summed E-state index contributed by atoms with van der Waals surface area (Å²) in [4.78, 5) is 25.4. The van der Waals surface area contributed by atoms with Gasteiger partial charge in [-0.2, -0.15) is 11.8 Å². The van der Waals surface area contributed by atoms with Gasteiger partial charge in [0.2, 0.25) is 0 Å². The van der Waals surface area contributed by atoms with Crippen molar-refractivity contribution in [3.05, 3.63) is 10.1 Å². The summed E-state index contributed by atoms with van der Waals surface area (Å²) in [7, 11) is 0. The first-order valence-electron chi connectivity index (χ1n) is 5.70. The van der Waals surface area contributed by atoms with Crippen molar-refractivity contribution in [3.8, 4) is 0 Å². The number of hydrogen-bond donors (Lipinski definition) is 1. The van der Waals surface area contributed by atoms with Crippen LogP contribution in [0.2, 0.25) is 0 Å². The van der Waals surface area contributed by atoms with Gasteiger partial charge < -0.3 is 15.3 Å². The number of thioether (sulfide) groups is 1. The van der Waals surface area contributed by atoms with Gasteiger partial charge >= 0.3 is 0 Å². The maximum atomic E-state index is 11.5. The van der Waals surface area contributed by atoms with E-state index in [0.717, 1.165) is 5.75 Å². The highest BCUT2D eigenvalue weighted by Gasteiger charge is 2.12. The lowest BCUT2D eigenvalue weighted by Gasteiger charge is -2.09. The Labute approximate surface area is 110 Å². The predicted octanol–water partition coefficient (Wildman–Crippen LogP) is 0.641. The van der Waals surface area contributed by atoms with E-state index >= 15 is 0 Å². The zero-order valence-corrected chi connectivity index (χ0v) is 11.3. The third-order valence-electron chi connectivity index (χ3n) is 2.18. The van der Waals surface area contributed by atoms with E-state index in [1.807, 2.05) is 6.26 Å². The van der Waals surface area contributed by atoms with Crippen molar-refractivity contribution in [1.29, 1.82) is 0 Å². The Morgan fingerprint density at radius 1 is 1.44 bits per heavy atom. The van der Waals surface area contributed by atoms with Crippen LogP contribution in [-0.4, -0.2) is 48.7 Å². The van der Waals surface area contributed by atoms with Crippen LogP contribution in [0.4, 0.5) is 0 Å². The Morgan fingerprint density at radius 3 is 2.78 bits per heavy atom. The minimum atomic E-state index is -0.863. The van der Waals surface area contributed by atoms with Crippen molar-refractivity contribution < 1.29 is 19.5 Å². The van der Waals surface area contributed by atoms with Crippen LogP contribution in [0.25, 0.3) is 0 Å². The number of nitrogens with zero attached hydrogens (tertiary/aromatic N) is 1. The number of rotatable bonds is 12. The van der Waals surface area contributed by atoms with Crippen molar-refractivity contribution in [2.45, 2.75) is 25.3 Å². The fourth-order valence-corrected chi connectivity index (χ4v) is 1.70. The van der Waals surface area contributed by atoms with Gasteiger partial charge in [-0.3, -0.25) is 4.79 Å². The molecule has 0 amide bonds. The summed E-state index contributed by atoms with van der Waals surface area (Å²) in [5.74, 6) is 0.913. The Balaban J connectivity index is 3.37. The minimum Gasteiger partial charge on any atom is -0.379 e. The van der Waals surface area contributed by atoms with Gasteiger partial charge in [0.05, 0.1) is 12.6 Å². The quantitative estimate of drug-likeness (QED) is 0.318. The third kappa shape index (κ3) is 10.3. The molecule has 106 valence electrons. The smallest absolute Gasteiger partial charge is 0.294 e. The van der Waals surface area contributed by atoms with E-state index in [4.69, 9.17) is 10.5 Å². The molecule has 0 aromatic rings. The zero-order chi connectivity index (χ0) is 13.8. The molecule has 0 aliphatic heterocycles. The van der Waals surface area contributed by atoms with Gasteiger partial charge in [0, 0.05) is 13.0 Å². The molecule has 0 aliphatic carbocycles. The van der Waals surface area contributed by atoms with Gasteiger partial charge in [-0.1, -0.05) is 0 Å². The molecule has 0 bridgehead atoms. The van der Waals surface area contributed by atoms with Crippen LogP contribution >= 0.6 is 11.8 Å². The second-order valence-electron chi connectivity index (χ2n) is 3.63. The highest BCUT2D eigenvalue weighted by atomic mass is 32.2. The summed E-state index contributed by atoms with van der Waals surface area (Å²) < 4.78 is 5.07. The van der Waals surface area contributed by atoms with E-state index < -0.39 is 11.1 Å². The molecule has 0 heterocycles. The SMILES string of the molecule is CSCCC(N)C(=O)CCCOCCO[N+](=O)[O-]. The number of nitrogens with two attached hydrogens (primary N) is 1. The molecule has 0 aromatic heterocycles. The molecule has 0 aromatic carbocycles. The monoisotopic (exact) mass is 280 g/mol. The first-order valence-corrected chi connectivity index (χ1v) is 7.09. The minimum absolute atomic E-state index is 0.0363. The van der Waals surface area contributed by atoms with Gasteiger partial charge in [-0.15, -0.1) is 10.1 Å². The fourth-order valence-electron chi connectivity index (χ4n) is 1.21. The van der Waals surface area contributed by atoms with Gasteiger partial charge in [0.15, 0.2) is 0 Å². The Kier molecular flexibility index (Phi) is 10.7. The molecule has 7 nitrogen and oxygen atoms in total. The molecule has 18 heavy (non-hydrogen) atoms. The van der Waals surface area contributed by atoms with Gasteiger partial charge in [0.25, 0.3) is 5.09 Å². The molecule has 0 aliphatic rings. The molecule has 0 saturated carbocycles. The normalized spacial score (nSPS) is 12.1. The van der Waals surface area contributed by atoms with Crippen LogP contribution in [-0.2, 0) is 14.4 Å². The van der Waals surface area contributed by atoms with E-state index in [1.165, 1.54) is 0 Å². The molecule has 0 saturated heterocycles. The standard InChI is InChI=1S/C10H20N2O5S/c1-18-8-4-9(11)10(13)3-2-5-16-6-7-17-12(14)15/h9H,2-8,11H2,1H3. The van der Waals surface area contributed by atoms with Crippen LogP contribution in [0, 0.1) is 10.1 Å². The van der Waals surface area contributed by atoms with Crippen LogP contribution in [0.1, 0.15) is 19.3 Å². The third-order valence-corrected chi connectivity index (χ3v) is 2.83. The van der Waals surface area contributed by atoms with Gasteiger partial charge in [-0.25, -0.2) is 0 Å².